The van der Waals surface area contributed by atoms with Crippen LogP contribution in [0.15, 0.2) is 0 Å². The van der Waals surface area contributed by atoms with Gasteiger partial charge in [-0.25, -0.2) is 5.48 Å². The van der Waals surface area contributed by atoms with Gasteiger partial charge in [-0.15, -0.1) is 0 Å². The van der Waals surface area contributed by atoms with Crippen molar-refractivity contribution in [2.45, 2.75) is 0 Å². The Morgan fingerprint density at radius 2 is 2.44 bits per heavy atom. The molecule has 1 radical (unpaired) electrons. The minimum atomic E-state index is -0.467. The lowest BCUT2D eigenvalue weighted by Gasteiger charge is -1.97. The molecule has 3 N–H and O–H groups in total. The molecule has 0 atom stereocenters. The molecule has 0 bridgehead atoms. The number of amides is 1. The van der Waals surface area contributed by atoms with Gasteiger partial charge in [0.05, 0.1) is 6.54 Å². The fraction of sp³-hybridized carbons (Fsp3) is 0.500. The van der Waals surface area contributed by atoms with Crippen LogP contribution in [-0.2, 0) is 14.4 Å². The molecular weight excluding hydrogens is 124 g/mol. The largest absolute Gasteiger partial charge is 0.322 e. The number of rotatable bonds is 4. The molecule has 0 aliphatic carbocycles. The van der Waals surface area contributed by atoms with E-state index in [1.54, 1.807) is 0 Å². The van der Waals surface area contributed by atoms with E-state index in [1.165, 1.54) is 6.29 Å². The molecule has 0 heterocycles. The summed E-state index contributed by atoms with van der Waals surface area (Å²) in [4.78, 5) is 23.9. The van der Waals surface area contributed by atoms with Crippen LogP contribution < -0.4 is 11.2 Å². The highest BCUT2D eigenvalue weighted by Crippen LogP contribution is 1.61. The summed E-state index contributed by atoms with van der Waals surface area (Å²) in [6.07, 6.45) is 1.42. The lowest BCUT2D eigenvalue weighted by Crippen LogP contribution is -2.30. The first-order valence-electron chi connectivity index (χ1n) is 2.27. The summed E-state index contributed by atoms with van der Waals surface area (Å²) in [5.74, 6) is -0.467. The molecule has 1 amide bonds. The zero-order valence-electron chi connectivity index (χ0n) is 4.72. The fourth-order valence-corrected chi connectivity index (χ4v) is 0.188. The Bertz CT molecular complexity index is 104. The maximum Gasteiger partial charge on any atom is 0.257 e. The molecule has 0 aliphatic heterocycles. The van der Waals surface area contributed by atoms with Crippen molar-refractivity contribution in [3.63, 3.8) is 0 Å². The Morgan fingerprint density at radius 1 is 1.78 bits per heavy atom. The van der Waals surface area contributed by atoms with E-state index in [0.29, 0.717) is 0 Å². The number of hydroxylamine groups is 1. The predicted molar refractivity (Wildman–Crippen MR) is 28.8 cm³/mol. The fourth-order valence-electron chi connectivity index (χ4n) is 0.188. The number of carbonyl (C=O) groups excluding carboxylic acids is 2. The smallest absolute Gasteiger partial charge is 0.257 e. The lowest BCUT2D eigenvalue weighted by molar-refractivity contribution is -0.130. The Balaban J connectivity index is 3.06. The summed E-state index contributed by atoms with van der Waals surface area (Å²) in [5.41, 5.74) is 6.77. The molecule has 5 heteroatoms. The van der Waals surface area contributed by atoms with Crippen molar-refractivity contribution in [2.75, 3.05) is 13.2 Å². The van der Waals surface area contributed by atoms with E-state index < -0.39 is 5.91 Å². The molecule has 5 nitrogen and oxygen atoms in total. The standard InChI is InChI=1S/C4H7N2O3/c5-3-4(8)6-9-2-1-7/h2-3,5H2,(H,6,8). The third-order valence-corrected chi connectivity index (χ3v) is 0.502. The molecule has 0 aromatic heterocycles. The number of nitrogens with two attached hydrogens (primary N) is 1. The summed E-state index contributed by atoms with van der Waals surface area (Å²) in [5, 5.41) is 0. The third-order valence-electron chi connectivity index (χ3n) is 0.502. The van der Waals surface area contributed by atoms with Crippen molar-refractivity contribution in [1.82, 2.24) is 5.48 Å². The monoisotopic (exact) mass is 131 g/mol. The van der Waals surface area contributed by atoms with E-state index in [4.69, 9.17) is 5.73 Å². The van der Waals surface area contributed by atoms with Gasteiger partial charge in [-0.2, -0.15) is 0 Å². The van der Waals surface area contributed by atoms with Gasteiger partial charge in [0.2, 0.25) is 6.29 Å². The van der Waals surface area contributed by atoms with E-state index in [0.717, 1.165) is 0 Å². The van der Waals surface area contributed by atoms with Crippen LogP contribution in [0.4, 0.5) is 0 Å². The van der Waals surface area contributed by atoms with E-state index in [-0.39, 0.29) is 13.2 Å². The zero-order valence-corrected chi connectivity index (χ0v) is 4.72. The van der Waals surface area contributed by atoms with Gasteiger partial charge in [-0.1, -0.05) is 0 Å². The van der Waals surface area contributed by atoms with Crippen molar-refractivity contribution in [3.05, 3.63) is 0 Å². The summed E-state index contributed by atoms with van der Waals surface area (Å²) in [6, 6.07) is 0. The summed E-state index contributed by atoms with van der Waals surface area (Å²) in [6.45, 7) is -0.426. The summed E-state index contributed by atoms with van der Waals surface area (Å²) >= 11 is 0. The van der Waals surface area contributed by atoms with Crippen LogP contribution in [-0.4, -0.2) is 25.3 Å². The Labute approximate surface area is 52.1 Å². The molecule has 0 saturated heterocycles. The highest BCUT2D eigenvalue weighted by molar-refractivity contribution is 5.76. The predicted octanol–water partition coefficient (Wildman–Crippen LogP) is -1.90. The average molecular weight is 131 g/mol. The topological polar surface area (TPSA) is 81.4 Å². The minimum Gasteiger partial charge on any atom is -0.322 e. The van der Waals surface area contributed by atoms with Crippen LogP contribution in [0.1, 0.15) is 0 Å². The minimum absolute atomic E-state index is 0.154. The maximum atomic E-state index is 10.2. The number of hydrogen-bond acceptors (Lipinski definition) is 4. The number of hydrogen-bond donors (Lipinski definition) is 2. The molecule has 0 aliphatic rings. The van der Waals surface area contributed by atoms with Crippen molar-refractivity contribution < 1.29 is 14.4 Å². The van der Waals surface area contributed by atoms with E-state index in [9.17, 15) is 9.59 Å². The van der Waals surface area contributed by atoms with Crippen LogP contribution >= 0.6 is 0 Å². The van der Waals surface area contributed by atoms with Crippen LogP contribution in [0.3, 0.4) is 0 Å². The molecule has 0 saturated carbocycles. The van der Waals surface area contributed by atoms with Gasteiger partial charge in [-0.05, 0) is 0 Å². The van der Waals surface area contributed by atoms with Gasteiger partial charge < -0.3 is 5.73 Å². The molecule has 0 aromatic carbocycles. The summed E-state index contributed by atoms with van der Waals surface area (Å²) in [7, 11) is 0. The molecule has 0 spiro atoms. The molecule has 0 unspecified atom stereocenters. The normalized spacial score (nSPS) is 8.56. The second kappa shape index (κ2) is 5.20. The molecule has 9 heavy (non-hydrogen) atoms. The quantitative estimate of drug-likeness (QED) is 0.345. The second-order valence-electron chi connectivity index (χ2n) is 1.16. The third kappa shape index (κ3) is 4.92. The van der Waals surface area contributed by atoms with Crippen molar-refractivity contribution in [2.24, 2.45) is 5.73 Å². The van der Waals surface area contributed by atoms with Crippen molar-refractivity contribution in [3.8, 4) is 0 Å². The van der Waals surface area contributed by atoms with Gasteiger partial charge in [-0.3, -0.25) is 14.4 Å². The van der Waals surface area contributed by atoms with Gasteiger partial charge in [0.1, 0.15) is 6.61 Å². The lowest BCUT2D eigenvalue weighted by atomic mass is 10.7. The SMILES string of the molecule is NCC(=O)NOC[C]=O. The molecule has 51 valence electrons. The molecule has 0 aromatic rings. The van der Waals surface area contributed by atoms with Gasteiger partial charge in [0, 0.05) is 0 Å². The first-order chi connectivity index (χ1) is 4.31. The Kier molecular flexibility index (Phi) is 4.66. The average Bonchev–Trinajstić information content (AvgIpc) is 1.89. The maximum absolute atomic E-state index is 10.2. The molecule has 0 fully saturated rings. The number of nitrogens with one attached hydrogen (secondary N) is 1. The highest BCUT2D eigenvalue weighted by Gasteiger charge is 1.93. The number of carbonyl (C=O) groups is 1. The van der Waals surface area contributed by atoms with Crippen molar-refractivity contribution in [1.29, 1.82) is 0 Å². The zero-order chi connectivity index (χ0) is 7.11. The molecular formula is C4H7N2O3. The molecule has 0 rings (SSSR count). The Hall–Kier alpha value is -0.940. The second-order valence-corrected chi connectivity index (χ2v) is 1.16. The van der Waals surface area contributed by atoms with Gasteiger partial charge >= 0.3 is 0 Å². The van der Waals surface area contributed by atoms with Crippen LogP contribution in [0.5, 0.6) is 0 Å². The van der Waals surface area contributed by atoms with E-state index >= 15 is 0 Å². The van der Waals surface area contributed by atoms with Gasteiger partial charge in [0.25, 0.3) is 5.91 Å². The van der Waals surface area contributed by atoms with Crippen LogP contribution in [0.2, 0.25) is 0 Å². The Morgan fingerprint density at radius 3 is 2.89 bits per heavy atom. The highest BCUT2D eigenvalue weighted by atomic mass is 16.7. The van der Waals surface area contributed by atoms with E-state index in [2.05, 4.69) is 4.84 Å². The first kappa shape index (κ1) is 8.06. The van der Waals surface area contributed by atoms with Crippen LogP contribution in [0, 0.1) is 0 Å². The van der Waals surface area contributed by atoms with Crippen LogP contribution in [0.25, 0.3) is 0 Å². The van der Waals surface area contributed by atoms with Gasteiger partial charge in [0.15, 0.2) is 0 Å². The van der Waals surface area contributed by atoms with E-state index in [1.807, 2.05) is 5.48 Å². The summed E-state index contributed by atoms with van der Waals surface area (Å²) < 4.78 is 0. The first-order valence-corrected chi connectivity index (χ1v) is 2.27. The van der Waals surface area contributed by atoms with Crippen molar-refractivity contribution >= 4 is 12.2 Å².